The van der Waals surface area contributed by atoms with Gasteiger partial charge in [0.15, 0.2) is 24.8 Å². The molecular weight excluding hydrogens is 885 g/mol. The number of esters is 3. The number of aliphatic hydroxyl groups is 4. The molecular formula is C51H72O17. The van der Waals surface area contributed by atoms with Crippen molar-refractivity contribution in [1.82, 2.24) is 0 Å². The van der Waals surface area contributed by atoms with Crippen LogP contribution in [0.1, 0.15) is 110 Å². The van der Waals surface area contributed by atoms with Crippen molar-refractivity contribution >= 4 is 17.9 Å². The summed E-state index contributed by atoms with van der Waals surface area (Å²) in [4.78, 5) is 39.9. The van der Waals surface area contributed by atoms with Gasteiger partial charge in [0.1, 0.15) is 53.2 Å². The van der Waals surface area contributed by atoms with Gasteiger partial charge >= 0.3 is 17.9 Å². The van der Waals surface area contributed by atoms with Crippen molar-refractivity contribution in [1.29, 1.82) is 0 Å². The number of fused-ring (bicyclic) bond motifs is 3. The topological polar surface area (TPSA) is 246 Å². The minimum atomic E-state index is -1.53. The van der Waals surface area contributed by atoms with Crippen LogP contribution < -0.4 is 0 Å². The summed E-state index contributed by atoms with van der Waals surface area (Å²) in [6.45, 7) is 15.6. The molecule has 0 spiro atoms. The minimum Gasteiger partial charge on any atom is -0.508 e. The summed E-state index contributed by atoms with van der Waals surface area (Å²) in [6.07, 6.45) is -0.983. The minimum absolute atomic E-state index is 0.100. The number of carbonyl (C=O) groups is 3. The monoisotopic (exact) mass is 956 g/mol. The number of aliphatic hydroxyl groups excluding tert-OH is 4. The lowest BCUT2D eigenvalue weighted by molar-refractivity contribution is -0.345. The van der Waals surface area contributed by atoms with E-state index in [1.54, 1.807) is 53.7 Å². The Hall–Kier alpha value is -4.43. The molecule has 3 saturated heterocycles. The van der Waals surface area contributed by atoms with Gasteiger partial charge in [0.25, 0.3) is 0 Å². The molecule has 0 radical (unpaired) electrons. The number of ether oxygens (including phenoxy) is 8. The predicted octanol–water partition coefficient (Wildman–Crippen LogP) is 5.32. The third-order valence-corrected chi connectivity index (χ3v) is 13.1. The number of cyclic esters (lactones) is 1. The van der Waals surface area contributed by atoms with Crippen LogP contribution in [0.2, 0.25) is 0 Å². The average molecular weight is 957 g/mol. The van der Waals surface area contributed by atoms with E-state index in [4.69, 9.17) is 37.9 Å². The van der Waals surface area contributed by atoms with E-state index in [1.165, 1.54) is 19.3 Å². The van der Waals surface area contributed by atoms with Crippen molar-refractivity contribution in [3.05, 3.63) is 82.0 Å². The van der Waals surface area contributed by atoms with Gasteiger partial charge in [-0.2, -0.15) is 0 Å². The Morgan fingerprint density at radius 3 is 2.32 bits per heavy atom. The first-order valence-corrected chi connectivity index (χ1v) is 23.5. The predicted molar refractivity (Wildman–Crippen MR) is 247 cm³/mol. The first-order valence-electron chi connectivity index (χ1n) is 23.5. The lowest BCUT2D eigenvalue weighted by Gasteiger charge is -2.51. The van der Waals surface area contributed by atoms with Crippen LogP contribution in [0.15, 0.2) is 70.9 Å². The highest BCUT2D eigenvalue weighted by molar-refractivity contribution is 5.94. The highest BCUT2D eigenvalue weighted by Gasteiger charge is 2.56. The number of hydrogen-bond acceptors (Lipinski definition) is 17. The summed E-state index contributed by atoms with van der Waals surface area (Å²) >= 11 is 0. The second-order valence-corrected chi connectivity index (χ2v) is 18.8. The van der Waals surface area contributed by atoms with Crippen LogP contribution >= 0.6 is 0 Å². The van der Waals surface area contributed by atoms with E-state index >= 15 is 0 Å². The number of hydrogen-bond donors (Lipinski definition) is 6. The van der Waals surface area contributed by atoms with Gasteiger partial charge in [-0.05, 0) is 95.6 Å². The van der Waals surface area contributed by atoms with Crippen molar-refractivity contribution < 1.29 is 82.9 Å². The van der Waals surface area contributed by atoms with Crippen LogP contribution in [0.25, 0.3) is 0 Å². The highest BCUT2D eigenvalue weighted by Crippen LogP contribution is 2.42. The number of phenolic OH excluding ortho intramolecular Hbond substituents is 2. The number of methoxy groups -OCH3 is 1. The summed E-state index contributed by atoms with van der Waals surface area (Å²) in [7, 11) is 1.32. The Labute approximate surface area is 399 Å². The maximum atomic E-state index is 13.9. The molecule has 378 valence electrons. The van der Waals surface area contributed by atoms with Crippen LogP contribution in [0.3, 0.4) is 0 Å². The summed E-state index contributed by atoms with van der Waals surface area (Å²) < 4.78 is 48.0. The molecule has 2 bridgehead atoms. The summed E-state index contributed by atoms with van der Waals surface area (Å²) in [5.41, 5.74) is 1.34. The van der Waals surface area contributed by atoms with Gasteiger partial charge in [-0.1, -0.05) is 63.6 Å². The van der Waals surface area contributed by atoms with Crippen molar-refractivity contribution in [3.63, 3.8) is 0 Å². The van der Waals surface area contributed by atoms with E-state index in [-0.39, 0.29) is 35.8 Å². The van der Waals surface area contributed by atoms with Gasteiger partial charge in [0, 0.05) is 25.5 Å². The van der Waals surface area contributed by atoms with E-state index in [0.717, 1.165) is 17.2 Å². The second-order valence-electron chi connectivity index (χ2n) is 18.8. The standard InChI is InChI=1S/C51H72O17/c1-11-31-23-34(52)24-37(54)38(31)48(60)65-43-30(8)63-50(44(61-10)41(43)57)62-25-33-15-13-14-16-36(53)28(6)22-32-19-20-51(9)45(67-46(58)26(3)4)39(55)40(56)49(68-51)66-42(32)29(7)21-27(5)17-18-35(12-2)64-47(33)59/h13-15,17,21-24,26,30,32,35-36,39-45,49-50,52-57H,11-12,16,18-20,25H2,1-10H3/b14-13+,27-17+,28-22+,29-21+,33-15+. The summed E-state index contributed by atoms with van der Waals surface area (Å²) in [5, 5.41) is 65.9. The lowest BCUT2D eigenvalue weighted by Crippen LogP contribution is -2.66. The van der Waals surface area contributed by atoms with Crippen LogP contribution in [0.4, 0.5) is 0 Å². The lowest BCUT2D eigenvalue weighted by atomic mass is 9.78. The SMILES string of the molecule is CCc1cc(O)cc(O)c1C(=O)OC1C(C)OC(OC/C2=C\C=C\CC(O)/C(C)=C/C3CCC4(C)OC(OC3/C(C)=C/C(C)=C/CC(CC)OC2=O)C(O)C(O)C4OC(=O)C(C)C)C(OC)C1O. The Balaban J connectivity index is 1.38. The average Bonchev–Trinajstić information content (AvgIpc) is 3.28. The normalized spacial score (nSPS) is 37.9. The molecule has 0 aromatic heterocycles. The van der Waals surface area contributed by atoms with Gasteiger partial charge < -0.3 is 68.5 Å². The zero-order chi connectivity index (χ0) is 50.2. The van der Waals surface area contributed by atoms with E-state index in [1.807, 2.05) is 39.0 Å². The zero-order valence-corrected chi connectivity index (χ0v) is 40.8. The second kappa shape index (κ2) is 23.9. The molecule has 5 rings (SSSR count). The van der Waals surface area contributed by atoms with Crippen molar-refractivity contribution in [2.75, 3.05) is 13.7 Å². The molecule has 0 saturated carbocycles. The fourth-order valence-electron chi connectivity index (χ4n) is 8.96. The first kappa shape index (κ1) is 54.5. The van der Waals surface area contributed by atoms with Crippen molar-refractivity contribution in [2.45, 2.75) is 180 Å². The van der Waals surface area contributed by atoms with Crippen LogP contribution in [0, 0.1) is 11.8 Å². The number of phenols is 2. The van der Waals surface area contributed by atoms with Gasteiger partial charge in [-0.3, -0.25) is 4.79 Å². The summed E-state index contributed by atoms with van der Waals surface area (Å²) in [6, 6.07) is 2.37. The molecule has 68 heavy (non-hydrogen) atoms. The van der Waals surface area contributed by atoms with Gasteiger partial charge in [-0.15, -0.1) is 0 Å². The smallest absolute Gasteiger partial charge is 0.342 e. The fraction of sp³-hybridized carbons (Fsp3) is 0.627. The zero-order valence-electron chi connectivity index (χ0n) is 40.8. The molecule has 0 amide bonds. The molecule has 17 nitrogen and oxygen atoms in total. The molecule has 17 heteroatoms. The molecule has 14 atom stereocenters. The number of rotatable bonds is 10. The van der Waals surface area contributed by atoms with E-state index in [9.17, 15) is 45.0 Å². The van der Waals surface area contributed by atoms with Gasteiger partial charge in [0.05, 0.1) is 36.4 Å². The largest absolute Gasteiger partial charge is 0.508 e. The summed E-state index contributed by atoms with van der Waals surface area (Å²) in [5.74, 6) is -3.66. The molecule has 1 aromatic carbocycles. The molecule has 0 aliphatic carbocycles. The Kier molecular flexibility index (Phi) is 19.2. The first-order chi connectivity index (χ1) is 32.1. The molecule has 4 aliphatic heterocycles. The van der Waals surface area contributed by atoms with Crippen molar-refractivity contribution in [2.24, 2.45) is 11.8 Å². The fourth-order valence-corrected chi connectivity index (χ4v) is 8.96. The number of carbonyl (C=O) groups excluding carboxylic acids is 3. The third-order valence-electron chi connectivity index (χ3n) is 13.1. The molecule has 1 aromatic rings. The van der Waals surface area contributed by atoms with Crippen molar-refractivity contribution in [3.8, 4) is 11.5 Å². The van der Waals surface area contributed by atoms with Crippen LogP contribution in [0.5, 0.6) is 11.5 Å². The number of benzene rings is 1. The number of aryl methyl sites for hydroxylation is 1. The number of allylic oxidation sites excluding steroid dienone is 4. The van der Waals surface area contributed by atoms with Crippen LogP contribution in [-0.2, 0) is 53.9 Å². The third kappa shape index (κ3) is 13.0. The molecule has 4 heterocycles. The maximum absolute atomic E-state index is 13.9. The van der Waals surface area contributed by atoms with Crippen LogP contribution in [-0.4, -0.2) is 141 Å². The maximum Gasteiger partial charge on any atom is 0.342 e. The number of aromatic hydroxyl groups is 2. The molecule has 3 fully saturated rings. The molecule has 6 N–H and O–H groups in total. The van der Waals surface area contributed by atoms with E-state index < -0.39 is 109 Å². The molecule has 14 unspecified atom stereocenters. The van der Waals surface area contributed by atoms with Gasteiger partial charge in [-0.25, -0.2) is 9.59 Å². The Morgan fingerprint density at radius 1 is 0.941 bits per heavy atom. The Morgan fingerprint density at radius 2 is 1.66 bits per heavy atom. The molecule has 4 aliphatic rings. The van der Waals surface area contributed by atoms with E-state index in [2.05, 4.69) is 0 Å². The van der Waals surface area contributed by atoms with E-state index in [0.29, 0.717) is 43.2 Å². The Bertz CT molecular complexity index is 2090. The van der Waals surface area contributed by atoms with Gasteiger partial charge in [0.2, 0.25) is 0 Å². The highest BCUT2D eigenvalue weighted by atomic mass is 16.7. The quantitative estimate of drug-likeness (QED) is 0.0987.